The average Bonchev–Trinajstić information content (AvgIpc) is 2.60. The fourth-order valence-corrected chi connectivity index (χ4v) is 4.06. The zero-order valence-electron chi connectivity index (χ0n) is 14.8. The minimum absolute atomic E-state index is 0.200. The second-order valence-corrected chi connectivity index (χ2v) is 7.72. The normalized spacial score (nSPS) is 11.5. The molecule has 0 saturated carbocycles. The van der Waals surface area contributed by atoms with Crippen LogP contribution < -0.4 is 5.32 Å². The summed E-state index contributed by atoms with van der Waals surface area (Å²) in [5.74, 6) is -0.228. The highest BCUT2D eigenvalue weighted by atomic mass is 32.2. The molecule has 5 nitrogen and oxygen atoms in total. The smallest absolute Gasteiger partial charge is 0.251 e. The summed E-state index contributed by atoms with van der Waals surface area (Å²) in [5, 5.41) is 2.85. The van der Waals surface area contributed by atoms with Crippen LogP contribution in [0.25, 0.3) is 0 Å². The van der Waals surface area contributed by atoms with Crippen LogP contribution in [-0.2, 0) is 16.6 Å². The lowest BCUT2D eigenvalue weighted by molar-refractivity contribution is 0.0951. The molecule has 0 saturated heterocycles. The van der Waals surface area contributed by atoms with Gasteiger partial charge in [-0.2, -0.15) is 4.31 Å². The van der Waals surface area contributed by atoms with Gasteiger partial charge in [-0.1, -0.05) is 43.7 Å². The number of carbonyl (C=O) groups is 1. The third kappa shape index (κ3) is 4.67. The first kappa shape index (κ1) is 19.1. The standard InChI is InChI=1S/C19H24N2O3S/c1-4-21(5-2)25(23,24)18-11-9-17(10-12-18)19(22)20-14-16-8-6-7-15(3)13-16/h6-13H,4-5,14H2,1-3H3,(H,20,22). The molecule has 0 aromatic heterocycles. The number of carbonyl (C=O) groups excluding carboxylic acids is 1. The lowest BCUT2D eigenvalue weighted by Gasteiger charge is -2.18. The zero-order valence-corrected chi connectivity index (χ0v) is 15.6. The number of amides is 1. The van der Waals surface area contributed by atoms with Gasteiger partial charge in [-0.25, -0.2) is 8.42 Å². The van der Waals surface area contributed by atoms with Crippen molar-refractivity contribution in [2.45, 2.75) is 32.2 Å². The summed E-state index contributed by atoms with van der Waals surface area (Å²) in [7, 11) is -3.50. The molecule has 2 aromatic carbocycles. The maximum Gasteiger partial charge on any atom is 0.251 e. The van der Waals surface area contributed by atoms with Crippen LogP contribution in [0.2, 0.25) is 0 Å². The van der Waals surface area contributed by atoms with E-state index in [0.29, 0.717) is 25.2 Å². The van der Waals surface area contributed by atoms with Gasteiger partial charge in [-0.05, 0) is 36.8 Å². The molecule has 0 atom stereocenters. The molecule has 0 spiro atoms. The summed E-state index contributed by atoms with van der Waals surface area (Å²) in [4.78, 5) is 12.4. The van der Waals surface area contributed by atoms with Gasteiger partial charge in [-0.15, -0.1) is 0 Å². The van der Waals surface area contributed by atoms with Gasteiger partial charge >= 0.3 is 0 Å². The van der Waals surface area contributed by atoms with E-state index < -0.39 is 10.0 Å². The molecule has 134 valence electrons. The summed E-state index contributed by atoms with van der Waals surface area (Å²) in [6, 6.07) is 14.0. The highest BCUT2D eigenvalue weighted by Crippen LogP contribution is 2.16. The number of benzene rings is 2. The van der Waals surface area contributed by atoms with Crippen molar-refractivity contribution in [2.24, 2.45) is 0 Å². The van der Waals surface area contributed by atoms with Gasteiger partial charge in [0.1, 0.15) is 0 Å². The molecular formula is C19H24N2O3S. The Labute approximate surface area is 149 Å². The fraction of sp³-hybridized carbons (Fsp3) is 0.316. The molecule has 0 aliphatic heterocycles. The Morgan fingerprint density at radius 2 is 1.68 bits per heavy atom. The van der Waals surface area contributed by atoms with E-state index in [4.69, 9.17) is 0 Å². The Balaban J connectivity index is 2.07. The maximum atomic E-state index is 12.4. The Bertz CT molecular complexity index is 826. The van der Waals surface area contributed by atoms with Crippen LogP contribution >= 0.6 is 0 Å². The molecule has 0 aliphatic carbocycles. The average molecular weight is 360 g/mol. The highest BCUT2D eigenvalue weighted by Gasteiger charge is 2.21. The molecule has 2 aromatic rings. The second-order valence-electron chi connectivity index (χ2n) is 5.79. The number of aryl methyl sites for hydroxylation is 1. The monoisotopic (exact) mass is 360 g/mol. The van der Waals surface area contributed by atoms with Crippen molar-refractivity contribution < 1.29 is 13.2 Å². The number of hydrogen-bond acceptors (Lipinski definition) is 3. The number of nitrogens with zero attached hydrogens (tertiary/aromatic N) is 1. The van der Waals surface area contributed by atoms with E-state index in [1.54, 1.807) is 26.0 Å². The van der Waals surface area contributed by atoms with Crippen molar-refractivity contribution in [1.29, 1.82) is 0 Å². The van der Waals surface area contributed by atoms with Crippen molar-refractivity contribution in [3.8, 4) is 0 Å². The molecule has 25 heavy (non-hydrogen) atoms. The van der Waals surface area contributed by atoms with Gasteiger partial charge in [0, 0.05) is 25.2 Å². The van der Waals surface area contributed by atoms with Crippen LogP contribution in [0.3, 0.4) is 0 Å². The molecule has 0 radical (unpaired) electrons. The van der Waals surface area contributed by atoms with E-state index in [1.165, 1.54) is 16.4 Å². The molecule has 0 fully saturated rings. The van der Waals surface area contributed by atoms with Crippen LogP contribution in [0, 0.1) is 6.92 Å². The van der Waals surface area contributed by atoms with E-state index in [2.05, 4.69) is 5.32 Å². The lowest BCUT2D eigenvalue weighted by Crippen LogP contribution is -2.30. The van der Waals surface area contributed by atoms with Crippen LogP contribution in [0.1, 0.15) is 35.3 Å². The maximum absolute atomic E-state index is 12.4. The van der Waals surface area contributed by atoms with Crippen molar-refractivity contribution in [2.75, 3.05) is 13.1 Å². The third-order valence-electron chi connectivity index (χ3n) is 4.00. The van der Waals surface area contributed by atoms with Gasteiger partial charge in [0.2, 0.25) is 10.0 Å². The topological polar surface area (TPSA) is 66.5 Å². The van der Waals surface area contributed by atoms with Crippen molar-refractivity contribution >= 4 is 15.9 Å². The van der Waals surface area contributed by atoms with Gasteiger partial charge in [0.15, 0.2) is 0 Å². The molecule has 1 amide bonds. The Morgan fingerprint density at radius 1 is 1.04 bits per heavy atom. The number of sulfonamides is 1. The van der Waals surface area contributed by atoms with E-state index in [1.807, 2.05) is 31.2 Å². The lowest BCUT2D eigenvalue weighted by atomic mass is 10.1. The summed E-state index contributed by atoms with van der Waals surface area (Å²) >= 11 is 0. The molecule has 6 heteroatoms. The van der Waals surface area contributed by atoms with E-state index >= 15 is 0 Å². The Kier molecular flexibility index (Phi) is 6.33. The van der Waals surface area contributed by atoms with Gasteiger partial charge < -0.3 is 5.32 Å². The highest BCUT2D eigenvalue weighted by molar-refractivity contribution is 7.89. The van der Waals surface area contributed by atoms with Crippen LogP contribution in [0.5, 0.6) is 0 Å². The van der Waals surface area contributed by atoms with Gasteiger partial charge in [0.05, 0.1) is 4.90 Å². The molecular weight excluding hydrogens is 336 g/mol. The number of hydrogen-bond donors (Lipinski definition) is 1. The predicted molar refractivity (Wildman–Crippen MR) is 98.9 cm³/mol. The quantitative estimate of drug-likeness (QED) is 0.825. The fourth-order valence-electron chi connectivity index (χ4n) is 2.60. The van der Waals surface area contributed by atoms with Crippen LogP contribution in [-0.4, -0.2) is 31.7 Å². The zero-order chi connectivity index (χ0) is 18.4. The van der Waals surface area contributed by atoms with Gasteiger partial charge in [0.25, 0.3) is 5.91 Å². The van der Waals surface area contributed by atoms with E-state index in [-0.39, 0.29) is 10.8 Å². The van der Waals surface area contributed by atoms with Crippen molar-refractivity contribution in [3.05, 3.63) is 65.2 Å². The SMILES string of the molecule is CCN(CC)S(=O)(=O)c1ccc(C(=O)NCc2cccc(C)c2)cc1. The first-order valence-electron chi connectivity index (χ1n) is 8.32. The Morgan fingerprint density at radius 3 is 2.24 bits per heavy atom. The first-order valence-corrected chi connectivity index (χ1v) is 9.76. The van der Waals surface area contributed by atoms with E-state index in [0.717, 1.165) is 11.1 Å². The van der Waals surface area contributed by atoms with Crippen molar-refractivity contribution in [1.82, 2.24) is 9.62 Å². The molecule has 1 N–H and O–H groups in total. The van der Waals surface area contributed by atoms with E-state index in [9.17, 15) is 13.2 Å². The number of rotatable bonds is 7. The Hall–Kier alpha value is -2.18. The predicted octanol–water partition coefficient (Wildman–Crippen LogP) is 2.96. The third-order valence-corrected chi connectivity index (χ3v) is 6.06. The minimum Gasteiger partial charge on any atom is -0.348 e. The second kappa shape index (κ2) is 8.27. The molecule has 0 unspecified atom stereocenters. The largest absolute Gasteiger partial charge is 0.348 e. The molecule has 0 aliphatic rings. The van der Waals surface area contributed by atoms with Crippen molar-refractivity contribution in [3.63, 3.8) is 0 Å². The first-order chi connectivity index (χ1) is 11.9. The van der Waals surface area contributed by atoms with Crippen LogP contribution in [0.4, 0.5) is 0 Å². The number of nitrogens with one attached hydrogen (secondary N) is 1. The summed E-state index contributed by atoms with van der Waals surface area (Å²) in [5.41, 5.74) is 2.60. The summed E-state index contributed by atoms with van der Waals surface area (Å²) in [6.45, 7) is 6.86. The van der Waals surface area contributed by atoms with Gasteiger partial charge in [-0.3, -0.25) is 4.79 Å². The minimum atomic E-state index is -3.50. The summed E-state index contributed by atoms with van der Waals surface area (Å²) < 4.78 is 26.3. The molecule has 0 heterocycles. The molecule has 0 bridgehead atoms. The molecule has 2 rings (SSSR count). The summed E-state index contributed by atoms with van der Waals surface area (Å²) in [6.07, 6.45) is 0. The van der Waals surface area contributed by atoms with Crippen LogP contribution in [0.15, 0.2) is 53.4 Å².